The molecule has 9 heteroatoms. The van der Waals surface area contributed by atoms with Crippen LogP contribution in [0.4, 0.5) is 5.13 Å². The van der Waals surface area contributed by atoms with Crippen LogP contribution in [0.1, 0.15) is 5.56 Å². The van der Waals surface area contributed by atoms with E-state index in [0.29, 0.717) is 35.7 Å². The third-order valence-corrected chi connectivity index (χ3v) is 6.92. The lowest BCUT2D eigenvalue weighted by molar-refractivity contribution is -0.120. The fourth-order valence-electron chi connectivity index (χ4n) is 3.49. The van der Waals surface area contributed by atoms with Gasteiger partial charge in [-0.2, -0.15) is 0 Å². The molecule has 0 radical (unpaired) electrons. The number of thiazole rings is 1. The summed E-state index contributed by atoms with van der Waals surface area (Å²) in [5, 5.41) is 1.28. The average Bonchev–Trinajstić information content (AvgIpc) is 3.28. The number of hydrogen-bond acceptors (Lipinski definition) is 7. The van der Waals surface area contributed by atoms with Crippen LogP contribution in [-0.4, -0.2) is 68.9 Å². The van der Waals surface area contributed by atoms with Crippen LogP contribution in [-0.2, 0) is 9.53 Å². The monoisotopic (exact) mass is 475 g/mol. The molecule has 3 aromatic rings. The zero-order valence-corrected chi connectivity index (χ0v) is 19.7. The maximum atomic E-state index is 13.2. The summed E-state index contributed by atoms with van der Waals surface area (Å²) in [6.07, 6.45) is 0. The Balaban J connectivity index is 1.52. The number of halogens is 1. The highest BCUT2D eigenvalue weighted by atomic mass is 35.5. The van der Waals surface area contributed by atoms with Crippen LogP contribution in [0.3, 0.4) is 0 Å². The minimum Gasteiger partial charge on any atom is -0.497 e. The van der Waals surface area contributed by atoms with Crippen LogP contribution in [0.15, 0.2) is 36.4 Å². The second-order valence-electron chi connectivity index (χ2n) is 7.50. The molecule has 2 aromatic carbocycles. The summed E-state index contributed by atoms with van der Waals surface area (Å²) in [5.41, 5.74) is 1.86. The molecule has 0 aliphatic carbocycles. The smallest absolute Gasteiger partial charge is 0.266 e. The molecule has 2 heterocycles. The zero-order valence-electron chi connectivity index (χ0n) is 18.2. The van der Waals surface area contributed by atoms with Gasteiger partial charge in [0.15, 0.2) is 11.7 Å². The zero-order chi connectivity index (χ0) is 22.5. The van der Waals surface area contributed by atoms with Gasteiger partial charge >= 0.3 is 0 Å². The molecular formula is C23H26ClN3O4S. The van der Waals surface area contributed by atoms with Crippen molar-refractivity contribution in [3.05, 3.63) is 47.0 Å². The quantitative estimate of drug-likeness (QED) is 0.490. The fraction of sp³-hybridized carbons (Fsp3) is 0.391. The second-order valence-corrected chi connectivity index (χ2v) is 8.89. The van der Waals surface area contributed by atoms with E-state index in [2.05, 4.69) is 4.90 Å². The maximum absolute atomic E-state index is 13.2. The van der Waals surface area contributed by atoms with Crippen LogP contribution < -0.4 is 14.4 Å². The average molecular weight is 476 g/mol. The van der Waals surface area contributed by atoms with E-state index in [-0.39, 0.29) is 12.5 Å². The van der Waals surface area contributed by atoms with E-state index in [1.54, 1.807) is 36.3 Å². The minimum atomic E-state index is -0.151. The number of nitrogens with zero attached hydrogens (tertiary/aromatic N) is 3. The summed E-state index contributed by atoms with van der Waals surface area (Å²) >= 11 is 7.84. The second kappa shape index (κ2) is 10.5. The van der Waals surface area contributed by atoms with Gasteiger partial charge in [0.1, 0.15) is 11.5 Å². The van der Waals surface area contributed by atoms with Crippen molar-refractivity contribution in [2.75, 3.05) is 58.0 Å². The molecule has 1 fully saturated rings. The Morgan fingerprint density at radius 3 is 2.59 bits per heavy atom. The predicted octanol–water partition coefficient (Wildman–Crippen LogP) is 4.01. The number of rotatable bonds is 8. The predicted molar refractivity (Wildman–Crippen MR) is 127 cm³/mol. The Kier molecular flexibility index (Phi) is 7.47. The standard InChI is InChI=1S/C23H26ClN3O4S/c1-16-3-8-19(24)22-21(16)25-23(32-22)27(10-9-26-11-13-30-14-12-26)20(28)15-31-18-6-4-17(29-2)5-7-18/h3-8H,9-15H2,1-2H3. The molecule has 0 saturated carbocycles. The number of morpholine rings is 1. The molecule has 0 bridgehead atoms. The summed E-state index contributed by atoms with van der Waals surface area (Å²) in [4.78, 5) is 22.0. The Morgan fingerprint density at radius 1 is 1.19 bits per heavy atom. The van der Waals surface area contributed by atoms with Gasteiger partial charge in [-0.15, -0.1) is 0 Å². The summed E-state index contributed by atoms with van der Waals surface area (Å²) in [6.45, 7) is 6.30. The van der Waals surface area contributed by atoms with Crippen molar-refractivity contribution >= 4 is 44.2 Å². The molecule has 0 atom stereocenters. The van der Waals surface area contributed by atoms with Crippen molar-refractivity contribution in [3.63, 3.8) is 0 Å². The lowest BCUT2D eigenvalue weighted by Gasteiger charge is -2.29. The SMILES string of the molecule is COc1ccc(OCC(=O)N(CCN2CCOCC2)c2nc3c(C)ccc(Cl)c3s2)cc1. The molecule has 1 amide bonds. The summed E-state index contributed by atoms with van der Waals surface area (Å²) in [6, 6.07) is 11.0. The summed E-state index contributed by atoms with van der Waals surface area (Å²) in [5.74, 6) is 1.19. The number of carbonyl (C=O) groups excluding carboxylic acids is 1. The first kappa shape index (κ1) is 22.8. The number of methoxy groups -OCH3 is 1. The van der Waals surface area contributed by atoms with Crippen molar-refractivity contribution < 1.29 is 19.0 Å². The first-order chi connectivity index (χ1) is 15.5. The molecule has 1 aliphatic rings. The van der Waals surface area contributed by atoms with Crippen molar-refractivity contribution in [2.45, 2.75) is 6.92 Å². The third kappa shape index (κ3) is 5.32. The van der Waals surface area contributed by atoms with Gasteiger partial charge in [0.25, 0.3) is 5.91 Å². The Hall–Kier alpha value is -2.39. The van der Waals surface area contributed by atoms with E-state index < -0.39 is 0 Å². The van der Waals surface area contributed by atoms with Crippen LogP contribution in [0.2, 0.25) is 5.02 Å². The van der Waals surface area contributed by atoms with E-state index in [0.717, 1.165) is 41.2 Å². The highest BCUT2D eigenvalue weighted by molar-refractivity contribution is 7.23. The van der Waals surface area contributed by atoms with Crippen molar-refractivity contribution in [3.8, 4) is 11.5 Å². The van der Waals surface area contributed by atoms with Crippen LogP contribution in [0.25, 0.3) is 10.2 Å². The number of ether oxygens (including phenoxy) is 3. The van der Waals surface area contributed by atoms with Crippen molar-refractivity contribution in [1.82, 2.24) is 9.88 Å². The molecule has 0 unspecified atom stereocenters. The molecule has 32 heavy (non-hydrogen) atoms. The van der Waals surface area contributed by atoms with Gasteiger partial charge in [-0.05, 0) is 42.8 Å². The highest BCUT2D eigenvalue weighted by Crippen LogP contribution is 2.35. The van der Waals surface area contributed by atoms with Crippen LogP contribution in [0, 0.1) is 6.92 Å². The molecule has 170 valence electrons. The number of carbonyl (C=O) groups is 1. The fourth-order valence-corrected chi connectivity index (χ4v) is 4.85. The Morgan fingerprint density at radius 2 is 1.91 bits per heavy atom. The van der Waals surface area contributed by atoms with Crippen LogP contribution in [0.5, 0.6) is 11.5 Å². The number of aromatic nitrogens is 1. The number of benzene rings is 2. The molecule has 1 saturated heterocycles. The normalized spacial score (nSPS) is 14.5. The van der Waals surface area contributed by atoms with Crippen LogP contribution >= 0.6 is 22.9 Å². The summed E-state index contributed by atoms with van der Waals surface area (Å²) in [7, 11) is 1.61. The number of anilines is 1. The van der Waals surface area contributed by atoms with Gasteiger partial charge in [-0.3, -0.25) is 14.6 Å². The van der Waals surface area contributed by atoms with Gasteiger partial charge in [0.05, 0.1) is 35.6 Å². The number of amides is 1. The third-order valence-electron chi connectivity index (χ3n) is 5.38. The Labute approximate surface area is 196 Å². The van der Waals surface area contributed by atoms with E-state index in [1.165, 1.54) is 11.3 Å². The van der Waals surface area contributed by atoms with Crippen molar-refractivity contribution in [2.24, 2.45) is 0 Å². The lowest BCUT2D eigenvalue weighted by Crippen LogP contribution is -2.44. The molecular weight excluding hydrogens is 450 g/mol. The molecule has 0 spiro atoms. The molecule has 4 rings (SSSR count). The van der Waals surface area contributed by atoms with Gasteiger partial charge < -0.3 is 14.2 Å². The first-order valence-corrected chi connectivity index (χ1v) is 11.7. The van der Waals surface area contributed by atoms with E-state index >= 15 is 0 Å². The first-order valence-electron chi connectivity index (χ1n) is 10.5. The topological polar surface area (TPSA) is 64.1 Å². The molecule has 7 nitrogen and oxygen atoms in total. The highest BCUT2D eigenvalue weighted by Gasteiger charge is 2.23. The van der Waals surface area contributed by atoms with E-state index in [9.17, 15) is 4.79 Å². The van der Waals surface area contributed by atoms with E-state index in [4.69, 9.17) is 30.8 Å². The molecule has 1 aliphatic heterocycles. The van der Waals surface area contributed by atoms with Crippen molar-refractivity contribution in [1.29, 1.82) is 0 Å². The minimum absolute atomic E-state index is 0.0852. The number of aryl methyl sites for hydroxylation is 1. The molecule has 1 aromatic heterocycles. The Bertz CT molecular complexity index is 1030. The van der Waals surface area contributed by atoms with E-state index in [1.807, 2.05) is 19.1 Å². The van der Waals surface area contributed by atoms with Gasteiger partial charge in [-0.1, -0.05) is 29.0 Å². The van der Waals surface area contributed by atoms with Gasteiger partial charge in [-0.25, -0.2) is 4.98 Å². The number of hydrogen-bond donors (Lipinski definition) is 0. The van der Waals surface area contributed by atoms with Gasteiger partial charge in [0.2, 0.25) is 0 Å². The molecule has 0 N–H and O–H groups in total. The summed E-state index contributed by atoms with van der Waals surface area (Å²) < 4.78 is 17.2. The number of fused-ring (bicyclic) bond motifs is 1. The largest absolute Gasteiger partial charge is 0.497 e. The van der Waals surface area contributed by atoms with Gasteiger partial charge in [0, 0.05) is 26.2 Å². The maximum Gasteiger partial charge on any atom is 0.266 e. The lowest BCUT2D eigenvalue weighted by atomic mass is 10.2.